The van der Waals surface area contributed by atoms with Crippen molar-refractivity contribution in [3.05, 3.63) is 76.4 Å². The van der Waals surface area contributed by atoms with Crippen LogP contribution in [-0.4, -0.2) is 33.5 Å². The summed E-state index contributed by atoms with van der Waals surface area (Å²) in [7, 11) is 0. The highest BCUT2D eigenvalue weighted by Gasteiger charge is 2.52. The van der Waals surface area contributed by atoms with Gasteiger partial charge in [-0.05, 0) is 23.3 Å². The Morgan fingerprint density at radius 2 is 1.74 bits per heavy atom. The molecule has 0 N–H and O–H groups in total. The third-order valence-electron chi connectivity index (χ3n) is 4.42. The largest absolute Gasteiger partial charge is 0.286 e. The van der Waals surface area contributed by atoms with Crippen LogP contribution in [0.2, 0.25) is 5.02 Å². The summed E-state index contributed by atoms with van der Waals surface area (Å²) in [6.07, 6.45) is 1.51. The molecule has 7 heteroatoms. The first-order chi connectivity index (χ1) is 13.0. The van der Waals surface area contributed by atoms with Crippen molar-refractivity contribution in [3.8, 4) is 0 Å². The molecule has 0 saturated carbocycles. The number of hydrogen-bond donors (Lipinski definition) is 0. The minimum absolute atomic E-state index is 0.0321. The van der Waals surface area contributed by atoms with Crippen molar-refractivity contribution in [3.63, 3.8) is 0 Å². The van der Waals surface area contributed by atoms with Crippen LogP contribution in [0.15, 0.2) is 65.3 Å². The monoisotopic (exact) mass is 379 g/mol. The summed E-state index contributed by atoms with van der Waals surface area (Å²) < 4.78 is 0. The Morgan fingerprint density at radius 1 is 1.07 bits per heavy atom. The van der Waals surface area contributed by atoms with Crippen molar-refractivity contribution >= 4 is 41.4 Å². The van der Waals surface area contributed by atoms with Gasteiger partial charge in [0.1, 0.15) is 11.7 Å². The van der Waals surface area contributed by atoms with Gasteiger partial charge in [0, 0.05) is 11.9 Å². The van der Waals surface area contributed by atoms with Crippen LogP contribution in [0.5, 0.6) is 0 Å². The summed E-state index contributed by atoms with van der Waals surface area (Å²) in [5.41, 5.74) is 1.29. The molecule has 3 amide bonds. The molecular formula is C20H14ClN3O3. The van der Waals surface area contributed by atoms with Crippen LogP contribution >= 0.6 is 11.6 Å². The van der Waals surface area contributed by atoms with Gasteiger partial charge in [-0.3, -0.25) is 19.3 Å². The number of carbonyl (C=O) groups excluding carboxylic acids is 3. The van der Waals surface area contributed by atoms with Gasteiger partial charge in [-0.2, -0.15) is 0 Å². The van der Waals surface area contributed by atoms with E-state index in [-0.39, 0.29) is 17.6 Å². The Hall–Kier alpha value is -3.25. The smallest absolute Gasteiger partial charge is 0.275 e. The van der Waals surface area contributed by atoms with Gasteiger partial charge in [0.05, 0.1) is 0 Å². The minimum Gasteiger partial charge on any atom is -0.275 e. The van der Waals surface area contributed by atoms with Crippen LogP contribution in [0, 0.1) is 0 Å². The second-order valence-electron chi connectivity index (χ2n) is 6.14. The summed E-state index contributed by atoms with van der Waals surface area (Å²) in [5, 5.41) is 0.460. The number of hydrogen-bond acceptors (Lipinski definition) is 4. The lowest BCUT2D eigenvalue weighted by Crippen LogP contribution is -2.36. The number of carbonyl (C=O) groups is 3. The van der Waals surface area contributed by atoms with E-state index in [0.29, 0.717) is 16.1 Å². The van der Waals surface area contributed by atoms with Crippen LogP contribution in [-0.2, 0) is 14.4 Å². The fourth-order valence-electron chi connectivity index (χ4n) is 3.20. The molecule has 2 aliphatic rings. The molecule has 2 heterocycles. The average Bonchev–Trinajstić information content (AvgIpc) is 3.12. The zero-order chi connectivity index (χ0) is 19.1. The molecule has 2 aromatic carbocycles. The second kappa shape index (κ2) is 6.48. The lowest BCUT2D eigenvalue weighted by molar-refractivity contribution is -0.138. The first-order valence-corrected chi connectivity index (χ1v) is 8.65. The number of benzene rings is 2. The molecule has 0 bridgehead atoms. The number of amides is 3. The molecule has 1 fully saturated rings. The van der Waals surface area contributed by atoms with Gasteiger partial charge in [-0.15, -0.1) is 0 Å². The normalized spacial score (nSPS) is 20.3. The van der Waals surface area contributed by atoms with Crippen LogP contribution in [0.1, 0.15) is 24.1 Å². The number of imide groups is 1. The van der Waals surface area contributed by atoms with E-state index in [9.17, 15) is 14.4 Å². The summed E-state index contributed by atoms with van der Waals surface area (Å²) in [6.45, 7) is 1.34. The van der Waals surface area contributed by atoms with Crippen molar-refractivity contribution in [2.45, 2.75) is 13.0 Å². The highest BCUT2D eigenvalue weighted by Crippen LogP contribution is 2.36. The topological polar surface area (TPSA) is 70.1 Å². The minimum atomic E-state index is -0.895. The number of rotatable bonds is 2. The van der Waals surface area contributed by atoms with E-state index in [4.69, 9.17) is 11.6 Å². The number of nitrogens with zero attached hydrogens (tertiary/aromatic N) is 3. The van der Waals surface area contributed by atoms with Crippen molar-refractivity contribution < 1.29 is 14.4 Å². The van der Waals surface area contributed by atoms with Crippen LogP contribution in [0.4, 0.5) is 0 Å². The zero-order valence-electron chi connectivity index (χ0n) is 14.3. The van der Waals surface area contributed by atoms with Crippen molar-refractivity contribution in [1.29, 1.82) is 0 Å². The van der Waals surface area contributed by atoms with E-state index in [1.165, 1.54) is 17.9 Å². The molecule has 0 aromatic heterocycles. The van der Waals surface area contributed by atoms with Crippen LogP contribution in [0.3, 0.4) is 0 Å². The molecule has 1 atom stereocenters. The predicted molar refractivity (Wildman–Crippen MR) is 100 cm³/mol. The molecule has 6 nitrogen and oxygen atoms in total. The fourth-order valence-corrected chi connectivity index (χ4v) is 3.39. The van der Waals surface area contributed by atoms with E-state index in [0.717, 1.165) is 4.90 Å². The summed E-state index contributed by atoms with van der Waals surface area (Å²) in [5.74, 6) is -1.41. The van der Waals surface area contributed by atoms with E-state index < -0.39 is 17.9 Å². The molecule has 27 heavy (non-hydrogen) atoms. The molecular weight excluding hydrogens is 366 g/mol. The second-order valence-corrected chi connectivity index (χ2v) is 6.55. The molecule has 0 spiro atoms. The first-order valence-electron chi connectivity index (χ1n) is 8.27. The van der Waals surface area contributed by atoms with Crippen LogP contribution in [0.25, 0.3) is 6.08 Å². The quantitative estimate of drug-likeness (QED) is 0.595. The number of guanidine groups is 1. The maximum Gasteiger partial charge on any atom is 0.286 e. The lowest BCUT2D eigenvalue weighted by atomic mass is 10.1. The Bertz CT molecular complexity index is 1030. The molecule has 2 aliphatic heterocycles. The highest BCUT2D eigenvalue weighted by molar-refractivity contribution is 6.33. The third kappa shape index (κ3) is 2.74. The van der Waals surface area contributed by atoms with Crippen LogP contribution < -0.4 is 0 Å². The Balaban J connectivity index is 1.80. The molecule has 0 radical (unpaired) electrons. The van der Waals surface area contributed by atoms with E-state index in [1.54, 1.807) is 48.5 Å². The molecule has 2 aromatic rings. The molecule has 134 valence electrons. The van der Waals surface area contributed by atoms with Gasteiger partial charge < -0.3 is 0 Å². The Labute approximate surface area is 160 Å². The number of aliphatic imine (C=N–C) groups is 1. The first kappa shape index (κ1) is 17.2. The summed E-state index contributed by atoms with van der Waals surface area (Å²) >= 11 is 6.13. The van der Waals surface area contributed by atoms with E-state index >= 15 is 0 Å². The molecule has 0 aliphatic carbocycles. The molecule has 1 saturated heterocycles. The lowest BCUT2D eigenvalue weighted by Gasteiger charge is -2.19. The van der Waals surface area contributed by atoms with Gasteiger partial charge in [-0.1, -0.05) is 60.1 Å². The Morgan fingerprint density at radius 3 is 2.41 bits per heavy atom. The third-order valence-corrected chi connectivity index (χ3v) is 4.77. The van der Waals surface area contributed by atoms with Gasteiger partial charge in [-0.25, -0.2) is 9.89 Å². The van der Waals surface area contributed by atoms with Gasteiger partial charge in [0.25, 0.3) is 11.8 Å². The van der Waals surface area contributed by atoms with Crippen molar-refractivity contribution in [1.82, 2.24) is 9.80 Å². The average molecular weight is 380 g/mol. The Kier molecular flexibility index (Phi) is 4.12. The summed E-state index contributed by atoms with van der Waals surface area (Å²) in [4.78, 5) is 44.5. The molecule has 4 rings (SSSR count). The van der Waals surface area contributed by atoms with Gasteiger partial charge in [0.15, 0.2) is 0 Å². The molecule has 1 unspecified atom stereocenters. The maximum atomic E-state index is 13.0. The predicted octanol–water partition coefficient (Wildman–Crippen LogP) is 3.01. The van der Waals surface area contributed by atoms with Crippen molar-refractivity contribution in [2.75, 3.05) is 0 Å². The SMILES string of the molecule is CC(=O)N1C2=N/C(=C\c3ccccc3Cl)C(=O)N2C(=O)C1c1ccccc1. The van der Waals surface area contributed by atoms with E-state index in [2.05, 4.69) is 4.99 Å². The highest BCUT2D eigenvalue weighted by atomic mass is 35.5. The zero-order valence-corrected chi connectivity index (χ0v) is 15.1. The van der Waals surface area contributed by atoms with Gasteiger partial charge >= 0.3 is 0 Å². The maximum absolute atomic E-state index is 13.0. The number of fused-ring (bicyclic) bond motifs is 1. The van der Waals surface area contributed by atoms with Gasteiger partial charge in [0.2, 0.25) is 11.9 Å². The number of halogens is 1. The summed E-state index contributed by atoms with van der Waals surface area (Å²) in [6, 6.07) is 14.9. The van der Waals surface area contributed by atoms with Crippen molar-refractivity contribution in [2.24, 2.45) is 4.99 Å². The van der Waals surface area contributed by atoms with E-state index in [1.807, 2.05) is 6.07 Å². The standard InChI is InChI=1S/C20H14ClN3O3/c1-12(25)23-17(13-7-3-2-4-8-13)19(27)24-18(26)16(22-20(23)24)11-14-9-5-6-10-15(14)21/h2-11,17H,1H3/b16-11-. The fraction of sp³-hybridized carbons (Fsp3) is 0.100.